The van der Waals surface area contributed by atoms with Crippen molar-refractivity contribution in [3.63, 3.8) is 0 Å². The van der Waals surface area contributed by atoms with Crippen LogP contribution in [0.3, 0.4) is 0 Å². The number of hydrogen-bond acceptors (Lipinski definition) is 4. The third-order valence-electron chi connectivity index (χ3n) is 5.68. The minimum absolute atomic E-state index is 0.657. The number of quaternary nitrogens is 1. The summed E-state index contributed by atoms with van der Waals surface area (Å²) in [4.78, 5) is 4.20. The largest absolute Gasteiger partial charge is 0.493 e. The third kappa shape index (κ3) is 4.53. The zero-order valence-corrected chi connectivity index (χ0v) is 17.6. The van der Waals surface area contributed by atoms with Gasteiger partial charge in [-0.3, -0.25) is 0 Å². The van der Waals surface area contributed by atoms with Crippen LogP contribution in [-0.2, 0) is 12.8 Å². The fourth-order valence-corrected chi connectivity index (χ4v) is 4.03. The Morgan fingerprint density at radius 2 is 1.57 bits per heavy atom. The molecule has 0 radical (unpaired) electrons. The first-order valence-corrected chi connectivity index (χ1v) is 10.2. The molecule has 0 saturated carbocycles. The summed E-state index contributed by atoms with van der Waals surface area (Å²) < 4.78 is 16.4. The standard InChI is InChI=1S/C23H32N2O3/c1-5-19-8-6-7-9-20(19)25-14-12-24(13-15-25)11-10-18-16-21(26-2)23(28-4)22(17-18)27-3/h6-9,16-17H,5,10-15H2,1-4H3/p+1. The highest BCUT2D eigenvalue weighted by Crippen LogP contribution is 2.38. The van der Waals surface area contributed by atoms with Gasteiger partial charge in [0.2, 0.25) is 5.75 Å². The van der Waals surface area contributed by atoms with Crippen molar-refractivity contribution in [2.75, 3.05) is 59.0 Å². The van der Waals surface area contributed by atoms with E-state index in [2.05, 4.69) is 48.2 Å². The monoisotopic (exact) mass is 385 g/mol. The number of para-hydroxylation sites is 1. The molecular formula is C23H33N2O3+. The summed E-state index contributed by atoms with van der Waals surface area (Å²) in [6.07, 6.45) is 2.09. The summed E-state index contributed by atoms with van der Waals surface area (Å²) in [6.45, 7) is 7.91. The molecule has 0 aliphatic carbocycles. The van der Waals surface area contributed by atoms with Crippen LogP contribution < -0.4 is 24.0 Å². The van der Waals surface area contributed by atoms with Crippen LogP contribution in [0.25, 0.3) is 0 Å². The average Bonchev–Trinajstić information content (AvgIpc) is 2.77. The fraction of sp³-hybridized carbons (Fsp3) is 0.478. The molecule has 0 spiro atoms. The van der Waals surface area contributed by atoms with Crippen LogP contribution in [-0.4, -0.2) is 54.1 Å². The molecule has 0 unspecified atom stereocenters. The number of anilines is 1. The second-order valence-corrected chi connectivity index (χ2v) is 7.25. The van der Waals surface area contributed by atoms with Crippen molar-refractivity contribution in [2.24, 2.45) is 0 Å². The molecule has 1 heterocycles. The van der Waals surface area contributed by atoms with E-state index in [0.717, 1.165) is 44.0 Å². The van der Waals surface area contributed by atoms with Gasteiger partial charge in [-0.25, -0.2) is 0 Å². The van der Waals surface area contributed by atoms with Gasteiger partial charge in [0.25, 0.3) is 0 Å². The Morgan fingerprint density at radius 3 is 2.14 bits per heavy atom. The normalized spacial score (nSPS) is 14.8. The van der Waals surface area contributed by atoms with Crippen LogP contribution in [0.4, 0.5) is 5.69 Å². The highest BCUT2D eigenvalue weighted by Gasteiger charge is 2.22. The summed E-state index contributed by atoms with van der Waals surface area (Å²) in [5.41, 5.74) is 4.08. The molecule has 0 bridgehead atoms. The number of nitrogens with zero attached hydrogens (tertiary/aromatic N) is 1. The fourth-order valence-electron chi connectivity index (χ4n) is 4.03. The molecule has 5 nitrogen and oxygen atoms in total. The van der Waals surface area contributed by atoms with Gasteiger partial charge in [0.1, 0.15) is 0 Å². The van der Waals surface area contributed by atoms with Crippen LogP contribution in [0.1, 0.15) is 18.1 Å². The summed E-state index contributed by atoms with van der Waals surface area (Å²) in [5.74, 6) is 2.12. The maximum Gasteiger partial charge on any atom is 0.203 e. The van der Waals surface area contributed by atoms with Crippen LogP contribution >= 0.6 is 0 Å². The van der Waals surface area contributed by atoms with Gasteiger partial charge in [-0.05, 0) is 35.7 Å². The Labute approximate surface area is 168 Å². The number of piperazine rings is 1. The van der Waals surface area contributed by atoms with E-state index in [9.17, 15) is 0 Å². The van der Waals surface area contributed by atoms with Gasteiger partial charge in [-0.1, -0.05) is 25.1 Å². The Bertz CT molecular complexity index is 745. The van der Waals surface area contributed by atoms with E-state index >= 15 is 0 Å². The first kappa shape index (κ1) is 20.3. The molecule has 0 amide bonds. The number of benzene rings is 2. The summed E-state index contributed by atoms with van der Waals surface area (Å²) in [6, 6.07) is 12.9. The summed E-state index contributed by atoms with van der Waals surface area (Å²) in [7, 11) is 4.97. The lowest BCUT2D eigenvalue weighted by Crippen LogP contribution is -3.15. The second-order valence-electron chi connectivity index (χ2n) is 7.25. The average molecular weight is 386 g/mol. The Hall–Kier alpha value is -2.40. The van der Waals surface area contributed by atoms with Gasteiger partial charge >= 0.3 is 0 Å². The lowest BCUT2D eigenvalue weighted by Gasteiger charge is -2.34. The molecule has 28 heavy (non-hydrogen) atoms. The van der Waals surface area contributed by atoms with E-state index in [1.807, 2.05) is 0 Å². The van der Waals surface area contributed by atoms with Gasteiger partial charge in [0.05, 0.1) is 54.1 Å². The molecule has 2 aromatic carbocycles. The lowest BCUT2D eigenvalue weighted by molar-refractivity contribution is -0.900. The maximum atomic E-state index is 5.48. The van der Waals surface area contributed by atoms with E-state index < -0.39 is 0 Å². The van der Waals surface area contributed by atoms with Crippen LogP contribution in [0.2, 0.25) is 0 Å². The third-order valence-corrected chi connectivity index (χ3v) is 5.68. The summed E-state index contributed by atoms with van der Waals surface area (Å²) in [5, 5.41) is 0. The summed E-state index contributed by atoms with van der Waals surface area (Å²) >= 11 is 0. The molecule has 0 aromatic heterocycles. The van der Waals surface area contributed by atoms with E-state index in [4.69, 9.17) is 14.2 Å². The molecule has 1 aliphatic heterocycles. The minimum atomic E-state index is 0.657. The van der Waals surface area contributed by atoms with E-state index in [-0.39, 0.29) is 0 Å². The van der Waals surface area contributed by atoms with Crippen molar-refractivity contribution in [2.45, 2.75) is 19.8 Å². The van der Waals surface area contributed by atoms with Crippen molar-refractivity contribution in [3.05, 3.63) is 47.5 Å². The quantitative estimate of drug-likeness (QED) is 0.756. The second kappa shape index (κ2) is 9.69. The van der Waals surface area contributed by atoms with E-state index in [1.54, 1.807) is 26.2 Å². The van der Waals surface area contributed by atoms with Crippen molar-refractivity contribution in [1.29, 1.82) is 0 Å². The van der Waals surface area contributed by atoms with Gasteiger partial charge in [-0.2, -0.15) is 0 Å². The highest BCUT2D eigenvalue weighted by atomic mass is 16.5. The van der Waals surface area contributed by atoms with E-state index in [1.165, 1.54) is 29.9 Å². The molecule has 1 fully saturated rings. The SMILES string of the molecule is CCc1ccccc1N1CC[NH+](CCc2cc(OC)c(OC)c(OC)c2)CC1. The van der Waals surface area contributed by atoms with Crippen LogP contribution in [0.5, 0.6) is 17.2 Å². The number of ether oxygens (including phenoxy) is 3. The number of nitrogens with one attached hydrogen (secondary N) is 1. The van der Waals surface area contributed by atoms with Gasteiger partial charge in [0, 0.05) is 12.1 Å². The molecule has 5 heteroatoms. The first-order valence-electron chi connectivity index (χ1n) is 10.2. The molecular weight excluding hydrogens is 352 g/mol. The van der Waals surface area contributed by atoms with Crippen molar-refractivity contribution >= 4 is 5.69 Å². The molecule has 1 saturated heterocycles. The van der Waals surface area contributed by atoms with Gasteiger partial charge in [-0.15, -0.1) is 0 Å². The number of hydrogen-bond donors (Lipinski definition) is 1. The van der Waals surface area contributed by atoms with Crippen LogP contribution in [0.15, 0.2) is 36.4 Å². The zero-order chi connectivity index (χ0) is 19.9. The Morgan fingerprint density at radius 1 is 0.929 bits per heavy atom. The van der Waals surface area contributed by atoms with Gasteiger partial charge < -0.3 is 24.0 Å². The molecule has 152 valence electrons. The minimum Gasteiger partial charge on any atom is -0.493 e. The maximum absolute atomic E-state index is 5.48. The Balaban J connectivity index is 1.58. The molecule has 2 aromatic rings. The molecule has 1 N–H and O–H groups in total. The molecule has 1 aliphatic rings. The highest BCUT2D eigenvalue weighted by molar-refractivity contribution is 5.54. The number of rotatable bonds is 8. The topological polar surface area (TPSA) is 35.4 Å². The zero-order valence-electron chi connectivity index (χ0n) is 17.6. The van der Waals surface area contributed by atoms with E-state index in [0.29, 0.717) is 5.75 Å². The molecule has 0 atom stereocenters. The predicted molar refractivity (Wildman–Crippen MR) is 113 cm³/mol. The smallest absolute Gasteiger partial charge is 0.203 e. The van der Waals surface area contributed by atoms with Gasteiger partial charge in [0.15, 0.2) is 11.5 Å². The predicted octanol–water partition coefficient (Wildman–Crippen LogP) is 2.22. The Kier molecular flexibility index (Phi) is 7.04. The molecule has 3 rings (SSSR count). The van der Waals surface area contributed by atoms with Crippen molar-refractivity contribution < 1.29 is 19.1 Å². The van der Waals surface area contributed by atoms with Crippen molar-refractivity contribution in [1.82, 2.24) is 0 Å². The van der Waals surface area contributed by atoms with Crippen LogP contribution in [0, 0.1) is 0 Å². The first-order chi connectivity index (χ1) is 13.7. The van der Waals surface area contributed by atoms with Crippen molar-refractivity contribution in [3.8, 4) is 17.2 Å². The number of methoxy groups -OCH3 is 3. The number of aryl methyl sites for hydroxylation is 1. The lowest BCUT2D eigenvalue weighted by atomic mass is 10.1.